The fraction of sp³-hybridized carbons (Fsp3) is 0.833. The lowest BCUT2D eigenvalue weighted by Crippen LogP contribution is -2.68. The summed E-state index contributed by atoms with van der Waals surface area (Å²) in [4.78, 5) is 26.7. The minimum Gasteiger partial charge on any atom is -0.463 e. The van der Waals surface area contributed by atoms with Crippen molar-refractivity contribution in [2.24, 2.45) is 39.9 Å². The van der Waals surface area contributed by atoms with E-state index in [0.717, 1.165) is 37.8 Å². The first-order valence-electron chi connectivity index (χ1n) is 11.6. The molecule has 0 aromatic carbocycles. The van der Waals surface area contributed by atoms with Crippen LogP contribution in [0.1, 0.15) is 46.5 Å². The summed E-state index contributed by atoms with van der Waals surface area (Å²) in [6.45, 7) is 10.7. The fourth-order valence-electron chi connectivity index (χ4n) is 11.3. The first-order valence-corrected chi connectivity index (χ1v) is 11.6. The number of aliphatic hydroxyl groups excluding tert-OH is 1. The highest BCUT2D eigenvalue weighted by molar-refractivity contribution is 5.67. The zero-order valence-electron chi connectivity index (χ0n) is 18.0. The quantitative estimate of drug-likeness (QED) is 0.551. The minimum absolute atomic E-state index is 0.0307. The van der Waals surface area contributed by atoms with Crippen molar-refractivity contribution < 1.29 is 24.2 Å². The van der Waals surface area contributed by atoms with Gasteiger partial charge in [-0.2, -0.15) is 0 Å². The van der Waals surface area contributed by atoms with E-state index >= 15 is 0 Å². The van der Waals surface area contributed by atoms with E-state index in [4.69, 9.17) is 9.47 Å². The molecule has 1 N–H and O–H groups in total. The Kier molecular flexibility index (Phi) is 3.02. The van der Waals surface area contributed by atoms with Crippen LogP contribution in [0.5, 0.6) is 0 Å². The normalized spacial score (nSPS) is 62.7. The first kappa shape index (κ1) is 18.2. The number of nitrogens with zero attached hydrogens (tertiary/aromatic N) is 1. The molecule has 6 saturated carbocycles. The molecule has 0 radical (unpaired) electrons. The molecule has 9 bridgehead atoms. The van der Waals surface area contributed by atoms with Gasteiger partial charge < -0.3 is 14.6 Å². The van der Waals surface area contributed by atoms with E-state index in [1.165, 1.54) is 13.8 Å². The van der Waals surface area contributed by atoms with E-state index in [2.05, 4.69) is 18.4 Å². The standard InChI is InChI=1S/C24H31NO5/c1-10-5-23-8-14-19-22(4)6-13(29-11(2)26)7-24(19)20(23)17(28)15(10)18(30-12(3)27)16(23)21(24)25(14)9-22/h13-21,28H,1,5-9H2,2-4H3/t13-,14-,15+,16?,17+,18+,19?,20?,21?,22-,23-,24-/m0/s1. The van der Waals surface area contributed by atoms with Crippen molar-refractivity contribution in [3.63, 3.8) is 0 Å². The number of hydrogen-bond donors (Lipinski definition) is 1. The number of aliphatic hydroxyl groups is 1. The summed E-state index contributed by atoms with van der Waals surface area (Å²) >= 11 is 0. The van der Waals surface area contributed by atoms with Gasteiger partial charge in [0.25, 0.3) is 0 Å². The van der Waals surface area contributed by atoms with Crippen molar-refractivity contribution in [3.8, 4) is 0 Å². The lowest BCUT2D eigenvalue weighted by molar-refractivity contribution is -0.223. The van der Waals surface area contributed by atoms with E-state index < -0.39 is 6.10 Å². The van der Waals surface area contributed by atoms with Gasteiger partial charge in [0.1, 0.15) is 12.2 Å². The summed E-state index contributed by atoms with van der Waals surface area (Å²) < 4.78 is 11.8. The Hall–Kier alpha value is -1.40. The van der Waals surface area contributed by atoms with Crippen molar-refractivity contribution in [1.82, 2.24) is 4.90 Å². The largest absolute Gasteiger partial charge is 0.463 e. The van der Waals surface area contributed by atoms with Gasteiger partial charge in [0.15, 0.2) is 0 Å². The van der Waals surface area contributed by atoms with Crippen molar-refractivity contribution in [2.75, 3.05) is 6.54 Å². The van der Waals surface area contributed by atoms with Gasteiger partial charge in [-0.1, -0.05) is 19.1 Å². The molecule has 2 spiro atoms. The first-order chi connectivity index (χ1) is 14.1. The molecule has 13 atom stereocenters. The summed E-state index contributed by atoms with van der Waals surface area (Å²) in [5.74, 6) is 0.341. The Morgan fingerprint density at radius 2 is 1.87 bits per heavy atom. The summed E-state index contributed by atoms with van der Waals surface area (Å²) in [6, 6.07) is 0.855. The summed E-state index contributed by atoms with van der Waals surface area (Å²) in [7, 11) is 0. The second kappa shape index (κ2) is 4.98. The molecule has 0 aromatic heterocycles. The third kappa shape index (κ3) is 1.62. The molecule has 30 heavy (non-hydrogen) atoms. The second-order valence-corrected chi connectivity index (χ2v) is 11.9. The lowest BCUT2D eigenvalue weighted by Gasteiger charge is -2.66. The second-order valence-electron chi connectivity index (χ2n) is 11.9. The maximum absolute atomic E-state index is 12.1. The highest BCUT2D eigenvalue weighted by atomic mass is 16.5. The molecule has 9 rings (SSSR count). The maximum Gasteiger partial charge on any atom is 0.302 e. The van der Waals surface area contributed by atoms with Crippen molar-refractivity contribution in [3.05, 3.63) is 12.2 Å². The molecule has 3 aliphatic heterocycles. The van der Waals surface area contributed by atoms with Crippen LogP contribution in [0.2, 0.25) is 0 Å². The number of esters is 2. The predicted molar refractivity (Wildman–Crippen MR) is 106 cm³/mol. The SMILES string of the molecule is C=C1C[C@]23C[C@H]4C5[C@@]6(C)C[C@H](OC(C)=O)C[C@]57C(C2[C@H](OC(C)=O)[C@H]1[C@@H](O)C37)N4C6. The van der Waals surface area contributed by atoms with Gasteiger partial charge in [-0.25, -0.2) is 0 Å². The molecule has 3 heterocycles. The highest BCUT2D eigenvalue weighted by Crippen LogP contribution is 2.87. The Morgan fingerprint density at radius 3 is 2.57 bits per heavy atom. The third-order valence-corrected chi connectivity index (χ3v) is 10.7. The zero-order chi connectivity index (χ0) is 21.0. The van der Waals surface area contributed by atoms with Gasteiger partial charge in [-0.05, 0) is 48.3 Å². The van der Waals surface area contributed by atoms with Crippen LogP contribution in [0.4, 0.5) is 0 Å². The van der Waals surface area contributed by atoms with Gasteiger partial charge in [-0.3, -0.25) is 14.5 Å². The molecule has 6 heteroatoms. The Bertz CT molecular complexity index is 917. The average Bonchev–Trinajstić information content (AvgIpc) is 3.02. The third-order valence-electron chi connectivity index (χ3n) is 10.7. The molecule has 0 aromatic rings. The summed E-state index contributed by atoms with van der Waals surface area (Å²) in [5.41, 5.74) is 1.10. The van der Waals surface area contributed by atoms with Crippen molar-refractivity contribution in [2.45, 2.75) is 76.9 Å². The van der Waals surface area contributed by atoms with Crippen molar-refractivity contribution >= 4 is 11.9 Å². The van der Waals surface area contributed by atoms with Crippen LogP contribution in [0.25, 0.3) is 0 Å². The van der Waals surface area contributed by atoms with E-state index in [1.807, 2.05) is 0 Å². The van der Waals surface area contributed by atoms with Crippen LogP contribution in [0.15, 0.2) is 12.2 Å². The smallest absolute Gasteiger partial charge is 0.302 e. The van der Waals surface area contributed by atoms with Crippen LogP contribution in [-0.4, -0.2) is 58.9 Å². The van der Waals surface area contributed by atoms with Gasteiger partial charge in [-0.15, -0.1) is 0 Å². The molecule has 162 valence electrons. The lowest BCUT2D eigenvalue weighted by atomic mass is 9.39. The molecule has 3 saturated heterocycles. The number of hydrogen-bond acceptors (Lipinski definition) is 6. The number of carbonyl (C=O) groups excluding carboxylic acids is 2. The number of fused-ring (bicyclic) bond motifs is 1. The molecule has 6 nitrogen and oxygen atoms in total. The van der Waals surface area contributed by atoms with Crippen LogP contribution in [0.3, 0.4) is 0 Å². The van der Waals surface area contributed by atoms with Crippen LogP contribution >= 0.6 is 0 Å². The molecule has 9 aliphatic rings. The van der Waals surface area contributed by atoms with Crippen LogP contribution in [-0.2, 0) is 19.1 Å². The predicted octanol–water partition coefficient (Wildman–Crippen LogP) is 1.91. The fourth-order valence-corrected chi connectivity index (χ4v) is 11.3. The molecular weight excluding hydrogens is 382 g/mol. The maximum atomic E-state index is 12.1. The Morgan fingerprint density at radius 1 is 1.13 bits per heavy atom. The van der Waals surface area contributed by atoms with Gasteiger partial charge in [0.2, 0.25) is 0 Å². The van der Waals surface area contributed by atoms with Crippen LogP contribution in [0, 0.1) is 39.9 Å². The van der Waals surface area contributed by atoms with Crippen molar-refractivity contribution in [1.29, 1.82) is 0 Å². The Balaban J connectivity index is 1.43. The zero-order valence-corrected chi connectivity index (χ0v) is 18.0. The molecule has 6 aliphatic carbocycles. The topological polar surface area (TPSA) is 76.1 Å². The van der Waals surface area contributed by atoms with Gasteiger partial charge in [0.05, 0.1) is 6.10 Å². The molecule has 5 unspecified atom stereocenters. The van der Waals surface area contributed by atoms with E-state index in [9.17, 15) is 14.7 Å². The number of carbonyl (C=O) groups is 2. The van der Waals surface area contributed by atoms with E-state index in [-0.39, 0.29) is 58.1 Å². The molecular formula is C24H31NO5. The average molecular weight is 414 g/mol. The van der Waals surface area contributed by atoms with Gasteiger partial charge in [0, 0.05) is 49.7 Å². The number of ether oxygens (including phenoxy) is 2. The highest BCUT2D eigenvalue weighted by Gasteiger charge is 2.90. The monoisotopic (exact) mass is 413 g/mol. The summed E-state index contributed by atoms with van der Waals surface area (Å²) in [6.07, 6.45) is 2.91. The number of rotatable bonds is 2. The molecule has 9 fully saturated rings. The van der Waals surface area contributed by atoms with E-state index in [0.29, 0.717) is 18.0 Å². The number of piperidine rings is 2. The van der Waals surface area contributed by atoms with E-state index in [1.54, 1.807) is 0 Å². The minimum atomic E-state index is -0.529. The summed E-state index contributed by atoms with van der Waals surface area (Å²) in [5, 5.41) is 11.8. The molecule has 0 amide bonds. The Labute approximate surface area is 177 Å². The van der Waals surface area contributed by atoms with Gasteiger partial charge >= 0.3 is 11.9 Å². The van der Waals surface area contributed by atoms with Crippen LogP contribution < -0.4 is 0 Å².